The lowest BCUT2D eigenvalue weighted by Crippen LogP contribution is -2.33. The number of benzene rings is 1. The van der Waals surface area contributed by atoms with E-state index < -0.39 is 11.0 Å². The maximum Gasteiger partial charge on any atom is 0.269 e. The molecule has 11 heteroatoms. The third-order valence-corrected chi connectivity index (χ3v) is 4.13. The predicted molar refractivity (Wildman–Crippen MR) is 97.3 cm³/mol. The average molecular weight is 363 g/mol. The van der Waals surface area contributed by atoms with Crippen LogP contribution in [0.4, 0.5) is 23.0 Å². The topological polar surface area (TPSA) is 192 Å². The molecule has 0 saturated carbocycles. The summed E-state index contributed by atoms with van der Waals surface area (Å²) in [5.74, 6) is 0.221. The molecule has 134 valence electrons. The number of nitro benzene ring substituents is 1. The third-order valence-electron chi connectivity index (χ3n) is 4.13. The van der Waals surface area contributed by atoms with Crippen LogP contribution >= 0.6 is 0 Å². The van der Waals surface area contributed by atoms with Crippen molar-refractivity contribution in [3.05, 3.63) is 50.6 Å². The smallest absolute Gasteiger partial charge is 0.269 e. The van der Waals surface area contributed by atoms with Crippen LogP contribution in [0, 0.1) is 39.8 Å². The first-order valence-electron chi connectivity index (χ1n) is 7.61. The van der Waals surface area contributed by atoms with Gasteiger partial charge in [-0.25, -0.2) is 9.98 Å². The van der Waals surface area contributed by atoms with E-state index in [1.807, 2.05) is 6.07 Å². The summed E-state index contributed by atoms with van der Waals surface area (Å²) < 4.78 is 0. The molecule has 0 fully saturated rings. The number of nitrogen functional groups attached to an aromatic ring is 2. The molecular weight excluding hydrogens is 350 g/mol. The van der Waals surface area contributed by atoms with Gasteiger partial charge >= 0.3 is 0 Å². The van der Waals surface area contributed by atoms with Crippen LogP contribution in [-0.2, 0) is 0 Å². The van der Waals surface area contributed by atoms with Crippen LogP contribution in [-0.4, -0.2) is 15.9 Å². The van der Waals surface area contributed by atoms with Crippen molar-refractivity contribution >= 4 is 29.0 Å². The van der Waals surface area contributed by atoms with Gasteiger partial charge in [0, 0.05) is 17.7 Å². The van der Waals surface area contributed by atoms with Gasteiger partial charge in [0.2, 0.25) is 5.96 Å². The average Bonchev–Trinajstić information content (AvgIpc) is 2.61. The minimum atomic E-state index is -0.822. The summed E-state index contributed by atoms with van der Waals surface area (Å²) in [4.78, 5) is 19.2. The predicted octanol–water partition coefficient (Wildman–Crippen LogP) is 1.28. The summed E-state index contributed by atoms with van der Waals surface area (Å²) in [6.45, 7) is 1.76. The number of anilines is 3. The van der Waals surface area contributed by atoms with Gasteiger partial charge in [-0.1, -0.05) is 6.07 Å². The second kappa shape index (κ2) is 6.50. The van der Waals surface area contributed by atoms with Crippen LogP contribution in [0.25, 0.3) is 0 Å². The van der Waals surface area contributed by atoms with Crippen molar-refractivity contribution in [1.29, 1.82) is 10.5 Å². The summed E-state index contributed by atoms with van der Waals surface area (Å²) in [6.07, 6.45) is 1.74. The Bertz CT molecular complexity index is 1080. The minimum Gasteiger partial charge on any atom is -0.397 e. The van der Waals surface area contributed by atoms with Crippen LogP contribution in [0.2, 0.25) is 0 Å². The van der Waals surface area contributed by atoms with E-state index in [1.54, 1.807) is 19.2 Å². The number of rotatable bonds is 2. The number of hydrogen-bond donors (Lipinski definition) is 4. The van der Waals surface area contributed by atoms with Crippen molar-refractivity contribution in [3.8, 4) is 12.3 Å². The molecule has 0 amide bonds. The number of nitrogens with one attached hydrogen (secondary N) is 2. The second-order valence-electron chi connectivity index (χ2n) is 5.70. The second-order valence-corrected chi connectivity index (χ2v) is 5.70. The molecule has 0 saturated heterocycles. The van der Waals surface area contributed by atoms with Crippen molar-refractivity contribution in [2.75, 3.05) is 16.8 Å². The largest absolute Gasteiger partial charge is 0.397 e. The number of nitriles is 2. The molecule has 1 aromatic heterocycles. The van der Waals surface area contributed by atoms with Crippen molar-refractivity contribution < 1.29 is 4.92 Å². The molecule has 1 atom stereocenters. The highest BCUT2D eigenvalue weighted by Gasteiger charge is 2.31. The lowest BCUT2D eigenvalue weighted by atomic mass is 9.92. The lowest BCUT2D eigenvalue weighted by Gasteiger charge is -2.26. The van der Waals surface area contributed by atoms with Crippen molar-refractivity contribution in [1.82, 2.24) is 10.3 Å². The number of aliphatic imine (C=N–C) groups is 1. The molecular formula is C16H13N9O2. The molecule has 0 aliphatic carbocycles. The van der Waals surface area contributed by atoms with Crippen LogP contribution in [0.15, 0.2) is 23.2 Å². The summed E-state index contributed by atoms with van der Waals surface area (Å²) in [5.41, 5.74) is 13.4. The summed E-state index contributed by atoms with van der Waals surface area (Å²) >= 11 is 0. The molecule has 1 aliphatic rings. The minimum absolute atomic E-state index is 0.00414. The third kappa shape index (κ3) is 2.89. The highest BCUT2D eigenvalue weighted by atomic mass is 16.6. The number of aryl methyl sites for hydroxylation is 1. The Labute approximate surface area is 153 Å². The number of nitro groups is 1. The molecule has 27 heavy (non-hydrogen) atoms. The molecule has 0 radical (unpaired) electrons. The molecule has 11 nitrogen and oxygen atoms in total. The number of hydrogen-bond acceptors (Lipinski definition) is 10. The van der Waals surface area contributed by atoms with Crippen LogP contribution < -0.4 is 22.1 Å². The van der Waals surface area contributed by atoms with E-state index in [1.165, 1.54) is 12.1 Å². The zero-order valence-electron chi connectivity index (χ0n) is 14.0. The number of pyridine rings is 1. The van der Waals surface area contributed by atoms with Crippen molar-refractivity contribution in [2.45, 2.75) is 13.0 Å². The van der Waals surface area contributed by atoms with E-state index in [-0.39, 0.29) is 34.5 Å². The first-order valence-corrected chi connectivity index (χ1v) is 7.61. The van der Waals surface area contributed by atoms with Gasteiger partial charge < -0.3 is 16.8 Å². The maximum atomic E-state index is 11.2. The van der Waals surface area contributed by atoms with E-state index in [4.69, 9.17) is 16.7 Å². The number of guanidine groups is 1. The van der Waals surface area contributed by atoms with Gasteiger partial charge in [-0.3, -0.25) is 15.4 Å². The Hall–Kier alpha value is -4.38. The van der Waals surface area contributed by atoms with E-state index in [0.29, 0.717) is 16.7 Å². The Kier molecular flexibility index (Phi) is 4.20. The van der Waals surface area contributed by atoms with E-state index >= 15 is 0 Å². The molecule has 1 unspecified atom stereocenters. The Morgan fingerprint density at radius 2 is 2.11 bits per heavy atom. The fourth-order valence-electron chi connectivity index (χ4n) is 2.84. The summed E-state index contributed by atoms with van der Waals surface area (Å²) in [5, 5.41) is 34.6. The first kappa shape index (κ1) is 17.4. The maximum absolute atomic E-state index is 11.2. The molecule has 2 heterocycles. The standard InChI is InChI=1S/C16H13N9O2/c1-7-2-3-8(25(26)27)4-9(7)13-11-12(19)10(5-17)14(20)23-15(11)24-16(22-13)21-6-18/h2-4,13H,1H3,(H6,19,20,21,22,23,24). The van der Waals surface area contributed by atoms with E-state index in [0.717, 1.165) is 0 Å². The zero-order valence-corrected chi connectivity index (χ0v) is 14.0. The van der Waals surface area contributed by atoms with Crippen molar-refractivity contribution in [3.63, 3.8) is 0 Å². The molecule has 0 spiro atoms. The fourth-order valence-corrected chi connectivity index (χ4v) is 2.84. The zero-order chi connectivity index (χ0) is 19.7. The number of nitrogens with two attached hydrogens (primary N) is 2. The summed E-state index contributed by atoms with van der Waals surface area (Å²) in [6, 6.07) is 5.43. The van der Waals surface area contributed by atoms with E-state index in [9.17, 15) is 15.4 Å². The highest BCUT2D eigenvalue weighted by Crippen LogP contribution is 2.42. The molecule has 6 N–H and O–H groups in total. The summed E-state index contributed by atoms with van der Waals surface area (Å²) in [7, 11) is 0. The monoisotopic (exact) mass is 363 g/mol. The van der Waals surface area contributed by atoms with Gasteiger partial charge in [-0.15, -0.1) is 0 Å². The molecule has 2 aromatic rings. The van der Waals surface area contributed by atoms with Gasteiger partial charge in [0.15, 0.2) is 6.19 Å². The lowest BCUT2D eigenvalue weighted by molar-refractivity contribution is -0.384. The van der Waals surface area contributed by atoms with E-state index in [2.05, 4.69) is 20.6 Å². The quantitative estimate of drug-likeness (QED) is 0.263. The SMILES string of the molecule is Cc1ccc([N+](=O)[O-])cc1C1N=C(NC#N)Nc2nc(N)c(C#N)c(N)c21. The molecule has 0 bridgehead atoms. The van der Waals surface area contributed by atoms with Crippen LogP contribution in [0.5, 0.6) is 0 Å². The fraction of sp³-hybridized carbons (Fsp3) is 0.125. The van der Waals surface area contributed by atoms with Crippen LogP contribution in [0.3, 0.4) is 0 Å². The van der Waals surface area contributed by atoms with Gasteiger partial charge in [0.1, 0.15) is 29.3 Å². The van der Waals surface area contributed by atoms with Gasteiger partial charge in [0.05, 0.1) is 10.6 Å². The number of nitrogens with zero attached hydrogens (tertiary/aromatic N) is 5. The first-order chi connectivity index (χ1) is 12.9. The number of non-ortho nitro benzene ring substituents is 1. The molecule has 1 aliphatic heterocycles. The number of fused-ring (bicyclic) bond motifs is 1. The van der Waals surface area contributed by atoms with Crippen LogP contribution in [0.1, 0.15) is 28.3 Å². The van der Waals surface area contributed by atoms with Gasteiger partial charge in [0.25, 0.3) is 5.69 Å². The Morgan fingerprint density at radius 1 is 1.37 bits per heavy atom. The van der Waals surface area contributed by atoms with Crippen molar-refractivity contribution in [2.24, 2.45) is 4.99 Å². The molecule has 3 rings (SSSR count). The van der Waals surface area contributed by atoms with Gasteiger partial charge in [-0.2, -0.15) is 10.5 Å². The Morgan fingerprint density at radius 3 is 2.74 bits per heavy atom. The molecule has 1 aromatic carbocycles. The van der Waals surface area contributed by atoms with Gasteiger partial charge in [-0.05, 0) is 18.1 Å². The Balaban J connectivity index is 2.30. The normalized spacial score (nSPS) is 14.8. The number of aromatic nitrogens is 1. The highest BCUT2D eigenvalue weighted by molar-refractivity contribution is 5.98.